The number of hydrogen-bond acceptors (Lipinski definition) is 2. The van der Waals surface area contributed by atoms with E-state index in [0.29, 0.717) is 15.6 Å². The monoisotopic (exact) mass is 287 g/mol. The van der Waals surface area contributed by atoms with Crippen LogP contribution in [0.2, 0.25) is 10.0 Å². The van der Waals surface area contributed by atoms with Crippen LogP contribution in [0, 0.1) is 0 Å². The topological polar surface area (TPSA) is 21.3 Å². The lowest BCUT2D eigenvalue weighted by Crippen LogP contribution is -2.26. The van der Waals surface area contributed by atoms with Crippen molar-refractivity contribution >= 4 is 23.2 Å². The highest BCUT2D eigenvalue weighted by Gasteiger charge is 2.28. The van der Waals surface area contributed by atoms with Gasteiger partial charge in [0.05, 0.1) is 6.04 Å². The molecule has 1 rings (SSSR count). The van der Waals surface area contributed by atoms with Crippen molar-refractivity contribution in [2.45, 2.75) is 19.1 Å². The maximum absolute atomic E-state index is 11.8. The maximum atomic E-state index is 11.8. The summed E-state index contributed by atoms with van der Waals surface area (Å²) in [4.78, 5) is 4.33. The molecule has 1 N–H and O–H groups in total. The summed E-state index contributed by atoms with van der Waals surface area (Å²) >= 11 is 11.6. The molecule has 17 heavy (non-hydrogen) atoms. The molecule has 0 saturated heterocycles. The zero-order valence-electron chi connectivity index (χ0n) is 8.81. The Morgan fingerprint density at radius 1 is 1.35 bits per heavy atom. The van der Waals surface area contributed by atoms with Gasteiger partial charge in [-0.1, -0.05) is 23.2 Å². The van der Waals surface area contributed by atoms with Crippen LogP contribution in [-0.4, -0.2) is 12.8 Å². The van der Waals surface area contributed by atoms with Gasteiger partial charge in [0.2, 0.25) is 0 Å². The zero-order chi connectivity index (χ0) is 13.1. The summed E-state index contributed by atoms with van der Waals surface area (Å²) in [5, 5.41) is 0.860. The van der Waals surface area contributed by atoms with E-state index in [2.05, 4.69) is 10.3 Å². The molecule has 1 aromatic carbocycles. The number of hydroxylamine groups is 1. The van der Waals surface area contributed by atoms with E-state index in [-0.39, 0.29) is 0 Å². The van der Waals surface area contributed by atoms with Crippen LogP contribution in [0.3, 0.4) is 0 Å². The van der Waals surface area contributed by atoms with E-state index >= 15 is 0 Å². The van der Waals surface area contributed by atoms with E-state index < -0.39 is 18.8 Å². The number of rotatable bonds is 4. The van der Waals surface area contributed by atoms with E-state index in [1.807, 2.05) is 0 Å². The van der Waals surface area contributed by atoms with Gasteiger partial charge in [-0.2, -0.15) is 18.7 Å². The van der Waals surface area contributed by atoms with Gasteiger partial charge in [-0.3, -0.25) is 4.84 Å². The van der Waals surface area contributed by atoms with Gasteiger partial charge < -0.3 is 0 Å². The molecule has 1 atom stereocenters. The molecule has 0 aromatic heterocycles. The van der Waals surface area contributed by atoms with Gasteiger partial charge in [-0.05, 0) is 30.7 Å². The highest BCUT2D eigenvalue weighted by molar-refractivity contribution is 6.33. The Kier molecular flexibility index (Phi) is 5.06. The van der Waals surface area contributed by atoms with Crippen molar-refractivity contribution in [3.05, 3.63) is 33.8 Å². The maximum Gasteiger partial charge on any atom is 0.413 e. The first-order valence-corrected chi connectivity index (χ1v) is 5.44. The Bertz CT molecular complexity index is 384. The third kappa shape index (κ3) is 5.12. The smallest absolute Gasteiger partial charge is 0.292 e. The van der Waals surface area contributed by atoms with Gasteiger partial charge >= 0.3 is 6.18 Å². The normalized spacial score (nSPS) is 13.8. The first-order valence-electron chi connectivity index (χ1n) is 4.68. The summed E-state index contributed by atoms with van der Waals surface area (Å²) in [6, 6.07) is 4.24. The van der Waals surface area contributed by atoms with Crippen molar-refractivity contribution in [2.24, 2.45) is 0 Å². The average molecular weight is 288 g/mol. The van der Waals surface area contributed by atoms with Crippen molar-refractivity contribution in [1.82, 2.24) is 5.48 Å². The molecule has 0 fully saturated rings. The minimum absolute atomic E-state index is 0.407. The molecule has 0 amide bonds. The molecule has 0 aliphatic rings. The molecule has 0 aliphatic carbocycles. The number of halogens is 5. The van der Waals surface area contributed by atoms with Crippen LogP contribution in [0.15, 0.2) is 18.2 Å². The number of benzene rings is 1. The van der Waals surface area contributed by atoms with Crippen LogP contribution in [-0.2, 0) is 4.84 Å². The predicted molar refractivity (Wildman–Crippen MR) is 60.0 cm³/mol. The van der Waals surface area contributed by atoms with Crippen molar-refractivity contribution in [3.63, 3.8) is 0 Å². The molecule has 0 heterocycles. The fourth-order valence-electron chi connectivity index (χ4n) is 1.16. The van der Waals surface area contributed by atoms with E-state index in [1.54, 1.807) is 25.1 Å². The summed E-state index contributed by atoms with van der Waals surface area (Å²) in [5.74, 6) is 0. The summed E-state index contributed by atoms with van der Waals surface area (Å²) in [5.41, 5.74) is 2.83. The predicted octanol–water partition coefficient (Wildman–Crippen LogP) is 4.14. The second kappa shape index (κ2) is 5.91. The highest BCUT2D eigenvalue weighted by atomic mass is 35.5. The van der Waals surface area contributed by atoms with E-state index in [4.69, 9.17) is 23.2 Å². The SMILES string of the molecule is CC(NOCC(F)(F)F)c1cc(Cl)ccc1Cl. The van der Waals surface area contributed by atoms with Gasteiger partial charge in [0.15, 0.2) is 6.61 Å². The fourth-order valence-corrected chi connectivity index (χ4v) is 1.62. The molecule has 0 aliphatic heterocycles. The largest absolute Gasteiger partial charge is 0.413 e. The molecule has 1 unspecified atom stereocenters. The van der Waals surface area contributed by atoms with E-state index in [1.165, 1.54) is 0 Å². The number of nitrogens with one attached hydrogen (secondary N) is 1. The van der Waals surface area contributed by atoms with Gasteiger partial charge in [-0.25, -0.2) is 0 Å². The summed E-state index contributed by atoms with van der Waals surface area (Å²) in [6.07, 6.45) is -4.37. The molecular formula is C10H10Cl2F3NO. The van der Waals surface area contributed by atoms with Crippen LogP contribution in [0.5, 0.6) is 0 Å². The first-order chi connectivity index (χ1) is 7.79. The third-order valence-corrected chi connectivity index (χ3v) is 2.50. The molecule has 1 aromatic rings. The quantitative estimate of drug-likeness (QED) is 0.841. The zero-order valence-corrected chi connectivity index (χ0v) is 10.3. The van der Waals surface area contributed by atoms with Crippen molar-refractivity contribution in [2.75, 3.05) is 6.61 Å². The Labute approximate surface area is 107 Å². The van der Waals surface area contributed by atoms with Crippen molar-refractivity contribution in [3.8, 4) is 0 Å². The van der Waals surface area contributed by atoms with E-state index in [9.17, 15) is 13.2 Å². The molecule has 0 bridgehead atoms. The second-order valence-corrected chi connectivity index (χ2v) is 4.25. The van der Waals surface area contributed by atoms with E-state index in [0.717, 1.165) is 0 Å². The van der Waals surface area contributed by atoms with Gasteiger partial charge in [-0.15, -0.1) is 0 Å². The van der Waals surface area contributed by atoms with Crippen LogP contribution < -0.4 is 5.48 Å². The Morgan fingerprint density at radius 3 is 2.59 bits per heavy atom. The summed E-state index contributed by atoms with van der Waals surface area (Å²) < 4.78 is 35.5. The van der Waals surface area contributed by atoms with Crippen molar-refractivity contribution in [1.29, 1.82) is 0 Å². The van der Waals surface area contributed by atoms with Crippen LogP contribution in [0.4, 0.5) is 13.2 Å². The highest BCUT2D eigenvalue weighted by Crippen LogP contribution is 2.26. The summed E-state index contributed by atoms with van der Waals surface area (Å²) in [7, 11) is 0. The molecular weight excluding hydrogens is 278 g/mol. The average Bonchev–Trinajstić information content (AvgIpc) is 2.19. The first kappa shape index (κ1) is 14.6. The van der Waals surface area contributed by atoms with Gasteiger partial charge in [0.25, 0.3) is 0 Å². The van der Waals surface area contributed by atoms with Crippen LogP contribution >= 0.6 is 23.2 Å². The van der Waals surface area contributed by atoms with Crippen LogP contribution in [0.1, 0.15) is 18.5 Å². The minimum Gasteiger partial charge on any atom is -0.292 e. The third-order valence-electron chi connectivity index (χ3n) is 1.92. The lowest BCUT2D eigenvalue weighted by molar-refractivity contribution is -0.192. The minimum atomic E-state index is -4.37. The number of alkyl halides is 3. The van der Waals surface area contributed by atoms with Crippen molar-refractivity contribution < 1.29 is 18.0 Å². The molecule has 2 nitrogen and oxygen atoms in total. The number of hydrogen-bond donors (Lipinski definition) is 1. The Morgan fingerprint density at radius 2 is 2.00 bits per heavy atom. The molecule has 7 heteroatoms. The Balaban J connectivity index is 2.58. The molecule has 0 spiro atoms. The molecule has 96 valence electrons. The standard InChI is InChI=1S/C10H10Cl2F3NO/c1-6(16-17-5-10(13,14)15)8-4-7(11)2-3-9(8)12/h2-4,6,16H,5H2,1H3. The van der Waals surface area contributed by atoms with Gasteiger partial charge in [0.1, 0.15) is 0 Å². The lowest BCUT2D eigenvalue weighted by Gasteiger charge is -2.16. The second-order valence-electron chi connectivity index (χ2n) is 3.41. The van der Waals surface area contributed by atoms with Crippen LogP contribution in [0.25, 0.3) is 0 Å². The lowest BCUT2D eigenvalue weighted by atomic mass is 10.1. The fraction of sp³-hybridized carbons (Fsp3) is 0.400. The van der Waals surface area contributed by atoms with Gasteiger partial charge in [0, 0.05) is 10.0 Å². The molecule has 0 saturated carbocycles. The Hall–Kier alpha value is -0.490. The molecule has 0 radical (unpaired) electrons. The summed E-state index contributed by atoms with van der Waals surface area (Å²) in [6.45, 7) is 0.253.